The van der Waals surface area contributed by atoms with E-state index in [0.717, 1.165) is 55.9 Å². The predicted molar refractivity (Wildman–Crippen MR) is 90.6 cm³/mol. The summed E-state index contributed by atoms with van der Waals surface area (Å²) >= 11 is 0. The minimum atomic E-state index is -0.0223. The molecule has 6 nitrogen and oxygen atoms in total. The molecule has 1 aromatic carbocycles. The van der Waals surface area contributed by atoms with Gasteiger partial charge in [-0.05, 0) is 37.8 Å². The van der Waals surface area contributed by atoms with Crippen LogP contribution in [0.25, 0.3) is 0 Å². The smallest absolute Gasteiger partial charge is 0.318 e. The van der Waals surface area contributed by atoms with Crippen LogP contribution in [-0.2, 0) is 4.74 Å². The molecule has 0 saturated carbocycles. The second-order valence-corrected chi connectivity index (χ2v) is 6.28. The molecule has 1 aromatic rings. The van der Waals surface area contributed by atoms with E-state index in [2.05, 4.69) is 5.32 Å². The highest BCUT2D eigenvalue weighted by Gasteiger charge is 2.32. The zero-order valence-corrected chi connectivity index (χ0v) is 14.4. The van der Waals surface area contributed by atoms with Gasteiger partial charge in [0.05, 0.1) is 26.4 Å². The quantitative estimate of drug-likeness (QED) is 0.899. The van der Waals surface area contributed by atoms with Gasteiger partial charge >= 0.3 is 6.03 Å². The largest absolute Gasteiger partial charge is 0.497 e. The Morgan fingerprint density at radius 3 is 2.88 bits per heavy atom. The molecular weight excluding hydrogens is 308 g/mol. The molecular formula is C18H26N2O4. The molecule has 0 aromatic heterocycles. The predicted octanol–water partition coefficient (Wildman–Crippen LogP) is 2.73. The highest BCUT2D eigenvalue weighted by atomic mass is 16.5. The van der Waals surface area contributed by atoms with Gasteiger partial charge in [-0.25, -0.2) is 4.79 Å². The first kappa shape index (κ1) is 16.9. The summed E-state index contributed by atoms with van der Waals surface area (Å²) in [5.41, 5.74) is 1.03. The average Bonchev–Trinajstić information content (AvgIpc) is 3.30. The summed E-state index contributed by atoms with van der Waals surface area (Å²) in [5.74, 6) is 1.51. The number of likely N-dealkylation sites (tertiary alicyclic amines) is 1. The van der Waals surface area contributed by atoms with Crippen LogP contribution in [0.5, 0.6) is 11.5 Å². The van der Waals surface area contributed by atoms with Gasteiger partial charge in [-0.15, -0.1) is 0 Å². The van der Waals surface area contributed by atoms with Crippen molar-refractivity contribution in [2.24, 2.45) is 0 Å². The Bertz CT molecular complexity index is 572. The van der Waals surface area contributed by atoms with Crippen LogP contribution < -0.4 is 14.8 Å². The van der Waals surface area contributed by atoms with Gasteiger partial charge in [0.15, 0.2) is 0 Å². The number of amides is 2. The summed E-state index contributed by atoms with van der Waals surface area (Å²) < 4.78 is 16.3. The number of urea groups is 1. The van der Waals surface area contributed by atoms with Crippen molar-refractivity contribution in [1.82, 2.24) is 10.2 Å². The Balaban J connectivity index is 1.69. The van der Waals surface area contributed by atoms with E-state index >= 15 is 0 Å². The maximum Gasteiger partial charge on any atom is 0.318 e. The zero-order valence-electron chi connectivity index (χ0n) is 14.4. The van der Waals surface area contributed by atoms with Crippen molar-refractivity contribution in [3.05, 3.63) is 23.8 Å². The molecule has 24 heavy (non-hydrogen) atoms. The van der Waals surface area contributed by atoms with E-state index < -0.39 is 0 Å². The van der Waals surface area contributed by atoms with Crippen LogP contribution in [0, 0.1) is 0 Å². The first-order valence-electron chi connectivity index (χ1n) is 8.61. The lowest BCUT2D eigenvalue weighted by Gasteiger charge is -2.27. The van der Waals surface area contributed by atoms with Crippen LogP contribution in [0.15, 0.2) is 18.2 Å². The number of carbonyl (C=O) groups is 1. The second kappa shape index (κ2) is 7.75. The van der Waals surface area contributed by atoms with Crippen molar-refractivity contribution in [3.63, 3.8) is 0 Å². The molecule has 0 radical (unpaired) electrons. The lowest BCUT2D eigenvalue weighted by atomic mass is 10.0. The minimum Gasteiger partial charge on any atom is -0.497 e. The Morgan fingerprint density at radius 2 is 2.17 bits per heavy atom. The Hall–Kier alpha value is -1.95. The lowest BCUT2D eigenvalue weighted by Crippen LogP contribution is -2.42. The highest BCUT2D eigenvalue weighted by Crippen LogP contribution is 2.38. The number of hydrogen-bond acceptors (Lipinski definition) is 4. The van der Waals surface area contributed by atoms with E-state index in [1.54, 1.807) is 14.2 Å². The summed E-state index contributed by atoms with van der Waals surface area (Å²) in [6.07, 6.45) is 4.19. The third kappa shape index (κ3) is 3.59. The zero-order chi connectivity index (χ0) is 16.9. The molecule has 2 saturated heterocycles. The van der Waals surface area contributed by atoms with Crippen molar-refractivity contribution in [1.29, 1.82) is 0 Å². The third-order valence-electron chi connectivity index (χ3n) is 4.82. The van der Waals surface area contributed by atoms with E-state index in [0.29, 0.717) is 6.54 Å². The molecule has 2 aliphatic heterocycles. The number of carbonyl (C=O) groups excluding carboxylic acids is 1. The fourth-order valence-electron chi connectivity index (χ4n) is 3.53. The standard InChI is InChI=1S/C18H26N2O4/c1-22-13-7-8-15(17(11-13)23-2)16-6-3-9-20(16)18(21)19-12-14-5-4-10-24-14/h7-8,11,14,16H,3-6,9-10,12H2,1-2H3,(H,19,21). The molecule has 2 aliphatic rings. The third-order valence-corrected chi connectivity index (χ3v) is 4.82. The maximum absolute atomic E-state index is 12.6. The average molecular weight is 334 g/mol. The molecule has 2 heterocycles. The fraction of sp³-hybridized carbons (Fsp3) is 0.611. The molecule has 2 atom stereocenters. The summed E-state index contributed by atoms with van der Waals surface area (Å²) in [6, 6.07) is 5.80. The van der Waals surface area contributed by atoms with Gasteiger partial charge in [-0.1, -0.05) is 0 Å². The highest BCUT2D eigenvalue weighted by molar-refractivity contribution is 5.75. The lowest BCUT2D eigenvalue weighted by molar-refractivity contribution is 0.108. The minimum absolute atomic E-state index is 0.0223. The number of nitrogens with one attached hydrogen (secondary N) is 1. The van der Waals surface area contributed by atoms with E-state index in [-0.39, 0.29) is 18.2 Å². The van der Waals surface area contributed by atoms with Crippen LogP contribution >= 0.6 is 0 Å². The van der Waals surface area contributed by atoms with Gasteiger partial charge in [-0.2, -0.15) is 0 Å². The molecule has 2 amide bonds. The number of methoxy groups -OCH3 is 2. The van der Waals surface area contributed by atoms with Gasteiger partial charge in [0.25, 0.3) is 0 Å². The molecule has 3 rings (SSSR count). The molecule has 2 fully saturated rings. The molecule has 132 valence electrons. The number of hydrogen-bond donors (Lipinski definition) is 1. The molecule has 1 N–H and O–H groups in total. The van der Waals surface area contributed by atoms with Crippen molar-refractivity contribution in [2.45, 2.75) is 37.8 Å². The van der Waals surface area contributed by atoms with E-state index in [4.69, 9.17) is 14.2 Å². The van der Waals surface area contributed by atoms with Crippen LogP contribution in [0.4, 0.5) is 4.79 Å². The van der Waals surface area contributed by atoms with Gasteiger partial charge in [0.1, 0.15) is 11.5 Å². The number of ether oxygens (including phenoxy) is 3. The summed E-state index contributed by atoms with van der Waals surface area (Å²) in [7, 11) is 3.28. The first-order chi connectivity index (χ1) is 11.7. The van der Waals surface area contributed by atoms with Gasteiger partial charge in [-0.3, -0.25) is 0 Å². The van der Waals surface area contributed by atoms with Gasteiger partial charge < -0.3 is 24.4 Å². The van der Waals surface area contributed by atoms with E-state index in [1.807, 2.05) is 23.1 Å². The molecule has 0 bridgehead atoms. The topological polar surface area (TPSA) is 60.0 Å². The summed E-state index contributed by atoms with van der Waals surface area (Å²) in [6.45, 7) is 2.15. The van der Waals surface area contributed by atoms with Crippen LogP contribution in [0.3, 0.4) is 0 Å². The van der Waals surface area contributed by atoms with Crippen LogP contribution in [0.1, 0.15) is 37.3 Å². The summed E-state index contributed by atoms with van der Waals surface area (Å²) in [5, 5.41) is 3.02. The number of nitrogens with zero attached hydrogens (tertiary/aromatic N) is 1. The first-order valence-corrected chi connectivity index (χ1v) is 8.61. The van der Waals surface area contributed by atoms with Crippen molar-refractivity contribution in [2.75, 3.05) is 33.9 Å². The molecule has 0 aliphatic carbocycles. The normalized spacial score (nSPS) is 23.3. The monoisotopic (exact) mass is 334 g/mol. The number of benzene rings is 1. The van der Waals surface area contributed by atoms with Gasteiger partial charge in [0.2, 0.25) is 0 Å². The van der Waals surface area contributed by atoms with E-state index in [1.165, 1.54) is 0 Å². The van der Waals surface area contributed by atoms with Crippen molar-refractivity contribution in [3.8, 4) is 11.5 Å². The van der Waals surface area contributed by atoms with Crippen molar-refractivity contribution >= 4 is 6.03 Å². The molecule has 0 spiro atoms. The van der Waals surface area contributed by atoms with Gasteiger partial charge in [0, 0.05) is 31.3 Å². The maximum atomic E-state index is 12.6. The van der Waals surface area contributed by atoms with Crippen LogP contribution in [0.2, 0.25) is 0 Å². The SMILES string of the molecule is COc1ccc(C2CCCN2C(=O)NCC2CCCO2)c(OC)c1. The molecule has 2 unspecified atom stereocenters. The number of rotatable bonds is 5. The van der Waals surface area contributed by atoms with E-state index in [9.17, 15) is 4.79 Å². The fourth-order valence-corrected chi connectivity index (χ4v) is 3.53. The van der Waals surface area contributed by atoms with Crippen molar-refractivity contribution < 1.29 is 19.0 Å². The Kier molecular flexibility index (Phi) is 5.45. The molecule has 6 heteroatoms. The Morgan fingerprint density at radius 1 is 1.29 bits per heavy atom. The second-order valence-electron chi connectivity index (χ2n) is 6.28. The summed E-state index contributed by atoms with van der Waals surface area (Å²) in [4.78, 5) is 14.5. The Labute approximate surface area is 143 Å². The van der Waals surface area contributed by atoms with Crippen LogP contribution in [-0.4, -0.2) is 51.0 Å².